The van der Waals surface area contributed by atoms with Crippen LogP contribution in [-0.4, -0.2) is 38.6 Å². The lowest BCUT2D eigenvalue weighted by Gasteiger charge is -2.08. The number of nitrogens with zero attached hydrogens (tertiary/aromatic N) is 4. The van der Waals surface area contributed by atoms with E-state index in [1.165, 1.54) is 0 Å². The van der Waals surface area contributed by atoms with Crippen molar-refractivity contribution in [3.05, 3.63) is 66.0 Å². The standard InChI is InChI=1S/C21H23N5O3/c1-2-3-13-26-19(23-24-25-26)15-29-20(27)14-22-21(28)18-11-9-17(10-12-18)16-7-5-4-6-8-16/h4-12H,2-3,13-15H2,1H3,(H,22,28). The lowest BCUT2D eigenvalue weighted by atomic mass is 10.0. The summed E-state index contributed by atoms with van der Waals surface area (Å²) in [6, 6.07) is 17.1. The van der Waals surface area contributed by atoms with Gasteiger partial charge in [-0.25, -0.2) is 4.68 Å². The number of nitrogens with one attached hydrogen (secondary N) is 1. The molecule has 3 aromatic rings. The van der Waals surface area contributed by atoms with Gasteiger partial charge in [-0.2, -0.15) is 0 Å². The van der Waals surface area contributed by atoms with Gasteiger partial charge in [0.25, 0.3) is 5.91 Å². The summed E-state index contributed by atoms with van der Waals surface area (Å²) in [4.78, 5) is 24.2. The first-order chi connectivity index (χ1) is 14.2. The van der Waals surface area contributed by atoms with Crippen molar-refractivity contribution >= 4 is 11.9 Å². The summed E-state index contributed by atoms with van der Waals surface area (Å²) in [5, 5.41) is 13.9. The van der Waals surface area contributed by atoms with Gasteiger partial charge in [0.1, 0.15) is 6.54 Å². The monoisotopic (exact) mass is 393 g/mol. The Hall–Kier alpha value is -3.55. The largest absolute Gasteiger partial charge is 0.456 e. The highest BCUT2D eigenvalue weighted by molar-refractivity contribution is 5.96. The Morgan fingerprint density at radius 1 is 1.03 bits per heavy atom. The van der Waals surface area contributed by atoms with E-state index < -0.39 is 5.97 Å². The molecule has 0 aliphatic heterocycles. The Kier molecular flexibility index (Phi) is 7.05. The first kappa shape index (κ1) is 20.2. The zero-order valence-electron chi connectivity index (χ0n) is 16.2. The van der Waals surface area contributed by atoms with E-state index in [0.717, 1.165) is 24.0 Å². The van der Waals surface area contributed by atoms with Gasteiger partial charge >= 0.3 is 5.97 Å². The molecule has 8 heteroatoms. The highest BCUT2D eigenvalue weighted by Crippen LogP contribution is 2.19. The SMILES string of the molecule is CCCCn1nnnc1COC(=O)CNC(=O)c1ccc(-c2ccccc2)cc1. The fourth-order valence-corrected chi connectivity index (χ4v) is 2.70. The number of carbonyl (C=O) groups is 2. The van der Waals surface area contributed by atoms with E-state index in [1.807, 2.05) is 42.5 Å². The van der Waals surface area contributed by atoms with Crippen LogP contribution in [0.5, 0.6) is 0 Å². The van der Waals surface area contributed by atoms with Gasteiger partial charge in [0, 0.05) is 12.1 Å². The number of hydrogen-bond acceptors (Lipinski definition) is 6. The number of carbonyl (C=O) groups excluding carboxylic acids is 2. The topological polar surface area (TPSA) is 99.0 Å². The first-order valence-electron chi connectivity index (χ1n) is 9.51. The fourth-order valence-electron chi connectivity index (χ4n) is 2.70. The molecule has 0 atom stereocenters. The second kappa shape index (κ2) is 10.1. The number of esters is 1. The van der Waals surface area contributed by atoms with Crippen molar-refractivity contribution in [3.8, 4) is 11.1 Å². The molecule has 3 rings (SSSR count). The number of benzene rings is 2. The van der Waals surface area contributed by atoms with Gasteiger partial charge in [0.05, 0.1) is 0 Å². The Labute approximate surface area is 168 Å². The number of rotatable bonds is 9. The average Bonchev–Trinajstić information content (AvgIpc) is 3.22. The highest BCUT2D eigenvalue weighted by atomic mass is 16.5. The Morgan fingerprint density at radius 3 is 2.48 bits per heavy atom. The molecule has 0 fully saturated rings. The number of unbranched alkanes of at least 4 members (excludes halogenated alkanes) is 1. The van der Waals surface area contributed by atoms with Crippen LogP contribution in [0.25, 0.3) is 11.1 Å². The van der Waals surface area contributed by atoms with E-state index >= 15 is 0 Å². The van der Waals surface area contributed by atoms with Crippen molar-refractivity contribution in [1.29, 1.82) is 0 Å². The molecule has 1 heterocycles. The predicted octanol–water partition coefficient (Wildman–Crippen LogP) is 2.61. The van der Waals surface area contributed by atoms with Crippen molar-refractivity contribution in [3.63, 3.8) is 0 Å². The molecule has 29 heavy (non-hydrogen) atoms. The average molecular weight is 393 g/mol. The molecule has 2 aromatic carbocycles. The van der Waals surface area contributed by atoms with Crippen LogP contribution in [0.3, 0.4) is 0 Å². The van der Waals surface area contributed by atoms with Gasteiger partial charge < -0.3 is 10.1 Å². The minimum absolute atomic E-state index is 0.0306. The molecule has 0 unspecified atom stereocenters. The summed E-state index contributed by atoms with van der Waals surface area (Å²) in [6.07, 6.45) is 1.95. The van der Waals surface area contributed by atoms with E-state index in [4.69, 9.17) is 4.74 Å². The molecule has 0 spiro atoms. The molecule has 150 valence electrons. The van der Waals surface area contributed by atoms with Gasteiger partial charge in [0.15, 0.2) is 12.4 Å². The molecule has 0 bridgehead atoms. The lowest BCUT2D eigenvalue weighted by Crippen LogP contribution is -2.30. The third-order valence-corrected chi connectivity index (χ3v) is 4.34. The van der Waals surface area contributed by atoms with Crippen LogP contribution in [0.2, 0.25) is 0 Å². The van der Waals surface area contributed by atoms with Gasteiger partial charge in [-0.3, -0.25) is 9.59 Å². The number of aromatic nitrogens is 4. The van der Waals surface area contributed by atoms with Gasteiger partial charge in [-0.05, 0) is 40.1 Å². The summed E-state index contributed by atoms with van der Waals surface area (Å²) in [5.74, 6) is -0.409. The summed E-state index contributed by atoms with van der Waals surface area (Å²) >= 11 is 0. The molecule has 0 aliphatic carbocycles. The van der Waals surface area contributed by atoms with E-state index in [1.54, 1.807) is 16.8 Å². The van der Waals surface area contributed by atoms with E-state index in [-0.39, 0.29) is 19.1 Å². The van der Waals surface area contributed by atoms with E-state index in [9.17, 15) is 9.59 Å². The third-order valence-electron chi connectivity index (χ3n) is 4.34. The summed E-state index contributed by atoms with van der Waals surface area (Å²) in [5.41, 5.74) is 2.56. The van der Waals surface area contributed by atoms with Crippen molar-refractivity contribution < 1.29 is 14.3 Å². The van der Waals surface area contributed by atoms with Crippen molar-refractivity contribution in [1.82, 2.24) is 25.5 Å². The lowest BCUT2D eigenvalue weighted by molar-refractivity contribution is -0.144. The molecule has 8 nitrogen and oxygen atoms in total. The fraction of sp³-hybridized carbons (Fsp3) is 0.286. The number of ether oxygens (including phenoxy) is 1. The van der Waals surface area contributed by atoms with Crippen LogP contribution in [-0.2, 0) is 22.7 Å². The van der Waals surface area contributed by atoms with Crippen LogP contribution in [0.4, 0.5) is 0 Å². The Bertz CT molecular complexity index is 938. The zero-order valence-corrected chi connectivity index (χ0v) is 16.2. The molecule has 1 aromatic heterocycles. The molecule has 1 amide bonds. The highest BCUT2D eigenvalue weighted by Gasteiger charge is 2.12. The summed E-state index contributed by atoms with van der Waals surface area (Å²) in [7, 11) is 0. The summed E-state index contributed by atoms with van der Waals surface area (Å²) < 4.78 is 6.77. The van der Waals surface area contributed by atoms with Crippen molar-refractivity contribution in [2.24, 2.45) is 0 Å². The quantitative estimate of drug-likeness (QED) is 0.561. The second-order valence-corrected chi connectivity index (χ2v) is 6.46. The molecular weight excluding hydrogens is 370 g/mol. The minimum Gasteiger partial charge on any atom is -0.456 e. The second-order valence-electron chi connectivity index (χ2n) is 6.46. The van der Waals surface area contributed by atoms with E-state index in [2.05, 4.69) is 27.8 Å². The smallest absolute Gasteiger partial charge is 0.325 e. The van der Waals surface area contributed by atoms with Crippen LogP contribution < -0.4 is 5.32 Å². The minimum atomic E-state index is -0.552. The van der Waals surface area contributed by atoms with Gasteiger partial charge in [0.2, 0.25) is 0 Å². The van der Waals surface area contributed by atoms with E-state index in [0.29, 0.717) is 17.9 Å². The van der Waals surface area contributed by atoms with Crippen molar-refractivity contribution in [2.45, 2.75) is 32.9 Å². The predicted molar refractivity (Wildman–Crippen MR) is 107 cm³/mol. The molecule has 0 saturated heterocycles. The van der Waals surface area contributed by atoms with Gasteiger partial charge in [-0.1, -0.05) is 55.8 Å². The Balaban J connectivity index is 1.46. The molecule has 1 N–H and O–H groups in total. The van der Waals surface area contributed by atoms with Crippen LogP contribution in [0, 0.1) is 0 Å². The normalized spacial score (nSPS) is 10.5. The molecule has 0 aliphatic rings. The first-order valence-corrected chi connectivity index (χ1v) is 9.51. The van der Waals surface area contributed by atoms with Crippen LogP contribution >= 0.6 is 0 Å². The number of amides is 1. The molecule has 0 saturated carbocycles. The van der Waals surface area contributed by atoms with Gasteiger partial charge in [-0.15, -0.1) is 5.10 Å². The van der Waals surface area contributed by atoms with Crippen molar-refractivity contribution in [2.75, 3.05) is 6.54 Å². The maximum atomic E-state index is 12.2. The Morgan fingerprint density at radius 2 is 1.76 bits per heavy atom. The maximum Gasteiger partial charge on any atom is 0.325 e. The molecular formula is C21H23N5O3. The van der Waals surface area contributed by atoms with Crippen LogP contribution in [0.15, 0.2) is 54.6 Å². The third kappa shape index (κ3) is 5.71. The zero-order chi connectivity index (χ0) is 20.5. The number of tetrazole rings is 1. The van der Waals surface area contributed by atoms with Crippen LogP contribution in [0.1, 0.15) is 35.9 Å². The summed E-state index contributed by atoms with van der Waals surface area (Å²) in [6.45, 7) is 2.49. The maximum absolute atomic E-state index is 12.2. The molecule has 0 radical (unpaired) electrons. The number of hydrogen-bond donors (Lipinski definition) is 1. The number of aryl methyl sites for hydroxylation is 1.